The van der Waals surface area contributed by atoms with Crippen molar-refractivity contribution in [2.45, 2.75) is 38.1 Å². The van der Waals surface area contributed by atoms with E-state index in [1.165, 1.54) is 12.1 Å². The summed E-state index contributed by atoms with van der Waals surface area (Å²) in [6.45, 7) is 0.491. The Bertz CT molecular complexity index is 555. The van der Waals surface area contributed by atoms with Gasteiger partial charge in [0.2, 0.25) is 11.8 Å². The SMILES string of the molecule is O=C(Nc1cccc(F)c1)[C@@H]1CC(=O)N(C2CCCC2)C1. The van der Waals surface area contributed by atoms with Crippen LogP contribution in [0.5, 0.6) is 0 Å². The van der Waals surface area contributed by atoms with E-state index in [0.29, 0.717) is 18.3 Å². The van der Waals surface area contributed by atoms with Crippen molar-refractivity contribution in [3.63, 3.8) is 0 Å². The normalized spacial score (nSPS) is 22.8. The lowest BCUT2D eigenvalue weighted by Crippen LogP contribution is -2.35. The van der Waals surface area contributed by atoms with E-state index in [1.54, 1.807) is 12.1 Å². The molecule has 5 heteroatoms. The van der Waals surface area contributed by atoms with Crippen LogP contribution in [0.3, 0.4) is 0 Å². The summed E-state index contributed by atoms with van der Waals surface area (Å²) in [5, 5.41) is 2.70. The molecule has 0 aromatic heterocycles. The van der Waals surface area contributed by atoms with Crippen LogP contribution in [0, 0.1) is 11.7 Å². The average Bonchev–Trinajstić information content (AvgIpc) is 3.07. The number of nitrogens with one attached hydrogen (secondary N) is 1. The van der Waals surface area contributed by atoms with E-state index in [-0.39, 0.29) is 30.0 Å². The molecular weight excluding hydrogens is 271 g/mol. The Morgan fingerprint density at radius 2 is 2.05 bits per heavy atom. The number of carbonyl (C=O) groups is 2. The van der Waals surface area contributed by atoms with Gasteiger partial charge in [-0.25, -0.2) is 4.39 Å². The predicted octanol–water partition coefficient (Wildman–Crippen LogP) is 2.56. The highest BCUT2D eigenvalue weighted by atomic mass is 19.1. The minimum Gasteiger partial charge on any atom is -0.339 e. The van der Waals surface area contributed by atoms with Crippen LogP contribution in [0.1, 0.15) is 32.1 Å². The molecule has 2 fully saturated rings. The molecule has 112 valence electrons. The Kier molecular flexibility index (Phi) is 3.90. The molecule has 1 atom stereocenters. The van der Waals surface area contributed by atoms with Gasteiger partial charge in [-0.05, 0) is 31.0 Å². The largest absolute Gasteiger partial charge is 0.339 e. The molecule has 1 saturated carbocycles. The van der Waals surface area contributed by atoms with E-state index < -0.39 is 0 Å². The van der Waals surface area contributed by atoms with Crippen molar-refractivity contribution in [2.24, 2.45) is 5.92 Å². The van der Waals surface area contributed by atoms with Gasteiger partial charge in [0, 0.05) is 24.7 Å². The second kappa shape index (κ2) is 5.84. The fourth-order valence-corrected chi connectivity index (χ4v) is 3.29. The quantitative estimate of drug-likeness (QED) is 0.930. The molecule has 0 unspecified atom stereocenters. The standard InChI is InChI=1S/C16H19FN2O2/c17-12-4-3-5-13(9-12)18-16(21)11-8-15(20)19(10-11)14-6-1-2-7-14/h3-5,9,11,14H,1-2,6-8,10H2,(H,18,21)/t11-/m1/s1. The smallest absolute Gasteiger partial charge is 0.229 e. The number of amides is 2. The molecule has 1 aliphatic carbocycles. The lowest BCUT2D eigenvalue weighted by Gasteiger charge is -2.23. The molecule has 3 rings (SSSR count). The van der Waals surface area contributed by atoms with E-state index in [2.05, 4.69) is 5.32 Å². The van der Waals surface area contributed by atoms with Gasteiger partial charge in [0.05, 0.1) is 5.92 Å². The zero-order valence-electron chi connectivity index (χ0n) is 11.8. The molecule has 1 saturated heterocycles. The minimum atomic E-state index is -0.386. The molecule has 1 heterocycles. The van der Waals surface area contributed by atoms with Gasteiger partial charge < -0.3 is 10.2 Å². The molecule has 1 aromatic rings. The molecule has 0 spiro atoms. The van der Waals surface area contributed by atoms with Crippen LogP contribution in [0.15, 0.2) is 24.3 Å². The summed E-state index contributed by atoms with van der Waals surface area (Å²) >= 11 is 0. The number of anilines is 1. The van der Waals surface area contributed by atoms with Gasteiger partial charge in [0.15, 0.2) is 0 Å². The first-order valence-corrected chi connectivity index (χ1v) is 7.49. The summed E-state index contributed by atoms with van der Waals surface area (Å²) in [7, 11) is 0. The molecular formula is C16H19FN2O2. The number of nitrogens with zero attached hydrogens (tertiary/aromatic N) is 1. The fourth-order valence-electron chi connectivity index (χ4n) is 3.29. The van der Waals surface area contributed by atoms with Crippen molar-refractivity contribution in [2.75, 3.05) is 11.9 Å². The van der Waals surface area contributed by atoms with Gasteiger partial charge in [-0.1, -0.05) is 18.9 Å². The van der Waals surface area contributed by atoms with Gasteiger partial charge in [-0.3, -0.25) is 9.59 Å². The molecule has 2 aliphatic rings. The van der Waals surface area contributed by atoms with Crippen LogP contribution >= 0.6 is 0 Å². The highest BCUT2D eigenvalue weighted by Crippen LogP contribution is 2.29. The Balaban J connectivity index is 1.62. The van der Waals surface area contributed by atoms with Crippen molar-refractivity contribution >= 4 is 17.5 Å². The number of hydrogen-bond acceptors (Lipinski definition) is 2. The second-order valence-electron chi connectivity index (χ2n) is 5.89. The summed E-state index contributed by atoms with van der Waals surface area (Å²) in [4.78, 5) is 26.2. The maximum Gasteiger partial charge on any atom is 0.229 e. The number of hydrogen-bond donors (Lipinski definition) is 1. The molecule has 2 amide bonds. The van der Waals surface area contributed by atoms with Crippen LogP contribution in [-0.2, 0) is 9.59 Å². The van der Waals surface area contributed by atoms with Gasteiger partial charge in [-0.15, -0.1) is 0 Å². The van der Waals surface area contributed by atoms with E-state index in [1.807, 2.05) is 4.90 Å². The molecule has 1 aliphatic heterocycles. The Morgan fingerprint density at radius 3 is 2.76 bits per heavy atom. The number of rotatable bonds is 3. The van der Waals surface area contributed by atoms with Crippen LogP contribution in [0.25, 0.3) is 0 Å². The van der Waals surface area contributed by atoms with E-state index in [9.17, 15) is 14.0 Å². The monoisotopic (exact) mass is 290 g/mol. The Hall–Kier alpha value is -1.91. The van der Waals surface area contributed by atoms with Crippen molar-refractivity contribution in [3.8, 4) is 0 Å². The van der Waals surface area contributed by atoms with E-state index in [0.717, 1.165) is 25.7 Å². The Labute approximate surface area is 123 Å². The van der Waals surface area contributed by atoms with Crippen LogP contribution in [-0.4, -0.2) is 29.3 Å². The second-order valence-corrected chi connectivity index (χ2v) is 5.89. The van der Waals surface area contributed by atoms with Gasteiger partial charge >= 0.3 is 0 Å². The number of halogens is 1. The third-order valence-corrected chi connectivity index (χ3v) is 4.39. The predicted molar refractivity (Wildman–Crippen MR) is 77.1 cm³/mol. The topological polar surface area (TPSA) is 49.4 Å². The third kappa shape index (κ3) is 3.06. The summed E-state index contributed by atoms with van der Waals surface area (Å²) in [5.74, 6) is -0.847. The maximum absolute atomic E-state index is 13.1. The zero-order chi connectivity index (χ0) is 14.8. The lowest BCUT2D eigenvalue weighted by molar-refractivity contribution is -0.129. The lowest BCUT2D eigenvalue weighted by atomic mass is 10.1. The average molecular weight is 290 g/mol. The van der Waals surface area contributed by atoms with Crippen LogP contribution in [0.2, 0.25) is 0 Å². The van der Waals surface area contributed by atoms with Crippen molar-refractivity contribution in [1.29, 1.82) is 0 Å². The van der Waals surface area contributed by atoms with Gasteiger partial charge in [-0.2, -0.15) is 0 Å². The zero-order valence-corrected chi connectivity index (χ0v) is 11.8. The van der Waals surface area contributed by atoms with Crippen LogP contribution < -0.4 is 5.32 Å². The number of benzene rings is 1. The highest BCUT2D eigenvalue weighted by molar-refractivity contribution is 5.97. The molecule has 1 N–H and O–H groups in total. The Morgan fingerprint density at radius 1 is 1.29 bits per heavy atom. The number of likely N-dealkylation sites (tertiary alicyclic amines) is 1. The molecule has 0 bridgehead atoms. The first kappa shape index (κ1) is 14.0. The molecule has 0 radical (unpaired) electrons. The van der Waals surface area contributed by atoms with Crippen molar-refractivity contribution < 1.29 is 14.0 Å². The fraction of sp³-hybridized carbons (Fsp3) is 0.500. The summed E-state index contributed by atoms with van der Waals surface area (Å²) < 4.78 is 13.1. The summed E-state index contributed by atoms with van der Waals surface area (Å²) in [5.41, 5.74) is 0.437. The van der Waals surface area contributed by atoms with Gasteiger partial charge in [0.25, 0.3) is 0 Å². The first-order chi connectivity index (χ1) is 10.1. The molecule has 21 heavy (non-hydrogen) atoms. The molecule has 4 nitrogen and oxygen atoms in total. The molecule has 1 aromatic carbocycles. The summed E-state index contributed by atoms with van der Waals surface area (Å²) in [6, 6.07) is 6.12. The van der Waals surface area contributed by atoms with E-state index in [4.69, 9.17) is 0 Å². The highest BCUT2D eigenvalue weighted by Gasteiger charge is 2.38. The van der Waals surface area contributed by atoms with Gasteiger partial charge in [0.1, 0.15) is 5.82 Å². The summed E-state index contributed by atoms with van der Waals surface area (Å²) in [6.07, 6.45) is 4.68. The number of carbonyl (C=O) groups excluding carboxylic acids is 2. The van der Waals surface area contributed by atoms with Crippen molar-refractivity contribution in [1.82, 2.24) is 4.90 Å². The van der Waals surface area contributed by atoms with E-state index >= 15 is 0 Å². The third-order valence-electron chi connectivity index (χ3n) is 4.39. The van der Waals surface area contributed by atoms with Crippen molar-refractivity contribution in [3.05, 3.63) is 30.1 Å². The van der Waals surface area contributed by atoms with Crippen LogP contribution in [0.4, 0.5) is 10.1 Å². The minimum absolute atomic E-state index is 0.0706. The maximum atomic E-state index is 13.1. The first-order valence-electron chi connectivity index (χ1n) is 7.49.